The molecule has 0 bridgehead atoms. The van der Waals surface area contributed by atoms with Crippen LogP contribution in [-0.4, -0.2) is 26.8 Å². The molecule has 0 spiro atoms. The zero-order chi connectivity index (χ0) is 13.2. The van der Waals surface area contributed by atoms with Gasteiger partial charge in [0.2, 0.25) is 0 Å². The first kappa shape index (κ1) is 13.9. The monoisotopic (exact) mass is 267 g/mol. The number of rotatable bonds is 4. The van der Waals surface area contributed by atoms with E-state index in [1.807, 2.05) is 10.9 Å². The van der Waals surface area contributed by atoms with Gasteiger partial charge < -0.3 is 5.32 Å². The molecule has 0 amide bonds. The number of aromatic nitrogens is 2. The van der Waals surface area contributed by atoms with E-state index in [0.717, 1.165) is 13.1 Å². The number of thioether (sulfide) groups is 1. The van der Waals surface area contributed by atoms with Gasteiger partial charge in [0, 0.05) is 29.6 Å². The number of nitrogens with zero attached hydrogens (tertiary/aromatic N) is 2. The molecule has 1 aromatic heterocycles. The summed E-state index contributed by atoms with van der Waals surface area (Å²) in [6, 6.07) is 0. The van der Waals surface area contributed by atoms with Crippen LogP contribution in [0.4, 0.5) is 0 Å². The summed E-state index contributed by atoms with van der Waals surface area (Å²) in [5, 5.41) is 8.00. The van der Waals surface area contributed by atoms with Crippen LogP contribution in [0.5, 0.6) is 0 Å². The van der Waals surface area contributed by atoms with Gasteiger partial charge >= 0.3 is 0 Å². The van der Waals surface area contributed by atoms with E-state index in [1.165, 1.54) is 24.2 Å². The van der Waals surface area contributed by atoms with Gasteiger partial charge in [-0.05, 0) is 46.3 Å². The molecule has 1 aliphatic rings. The lowest BCUT2D eigenvalue weighted by Gasteiger charge is -2.22. The van der Waals surface area contributed by atoms with Crippen molar-refractivity contribution < 1.29 is 0 Å². The standard InChI is InChI=1S/C14H25N3S/c1-13(2,3)17-10-12(9-16-17)8-15-11-14(4)6-5-7-18-14/h9-10,15H,5-8,11H2,1-4H3. The fourth-order valence-electron chi connectivity index (χ4n) is 2.27. The van der Waals surface area contributed by atoms with Crippen LogP contribution < -0.4 is 5.32 Å². The van der Waals surface area contributed by atoms with Crippen LogP contribution in [0, 0.1) is 0 Å². The molecule has 1 aliphatic heterocycles. The third-order valence-corrected chi connectivity index (χ3v) is 4.99. The molecule has 0 saturated carbocycles. The second kappa shape index (κ2) is 5.25. The average molecular weight is 267 g/mol. The van der Waals surface area contributed by atoms with Crippen molar-refractivity contribution in [2.24, 2.45) is 0 Å². The van der Waals surface area contributed by atoms with Gasteiger partial charge in [0.15, 0.2) is 0 Å². The molecule has 0 aromatic carbocycles. The third kappa shape index (κ3) is 3.51. The Kier molecular flexibility index (Phi) is 4.07. The molecule has 1 unspecified atom stereocenters. The maximum absolute atomic E-state index is 4.43. The summed E-state index contributed by atoms with van der Waals surface area (Å²) in [5.41, 5.74) is 1.35. The normalized spacial score (nSPS) is 24.7. The highest BCUT2D eigenvalue weighted by Gasteiger charge is 2.28. The fraction of sp³-hybridized carbons (Fsp3) is 0.786. The van der Waals surface area contributed by atoms with Gasteiger partial charge in [0.1, 0.15) is 0 Å². The topological polar surface area (TPSA) is 29.9 Å². The lowest BCUT2D eigenvalue weighted by Crippen LogP contribution is -2.32. The van der Waals surface area contributed by atoms with E-state index >= 15 is 0 Å². The zero-order valence-corrected chi connectivity index (χ0v) is 12.8. The van der Waals surface area contributed by atoms with Crippen molar-refractivity contribution in [2.45, 2.75) is 57.4 Å². The first-order valence-electron chi connectivity index (χ1n) is 6.78. The maximum atomic E-state index is 4.43. The molecule has 0 aliphatic carbocycles. The highest BCUT2D eigenvalue weighted by atomic mass is 32.2. The Balaban J connectivity index is 1.82. The van der Waals surface area contributed by atoms with Crippen LogP contribution in [0.1, 0.15) is 46.1 Å². The van der Waals surface area contributed by atoms with Gasteiger partial charge in [-0.1, -0.05) is 0 Å². The molecular weight excluding hydrogens is 242 g/mol. The van der Waals surface area contributed by atoms with Gasteiger partial charge in [-0.25, -0.2) is 0 Å². The van der Waals surface area contributed by atoms with Gasteiger partial charge in [-0.3, -0.25) is 4.68 Å². The second-order valence-corrected chi connectivity index (χ2v) is 8.15. The van der Waals surface area contributed by atoms with Gasteiger partial charge in [-0.15, -0.1) is 0 Å². The van der Waals surface area contributed by atoms with Crippen LogP contribution in [0.25, 0.3) is 0 Å². The van der Waals surface area contributed by atoms with Crippen molar-refractivity contribution in [1.82, 2.24) is 15.1 Å². The Morgan fingerprint density at radius 3 is 2.83 bits per heavy atom. The van der Waals surface area contributed by atoms with Crippen molar-refractivity contribution in [3.63, 3.8) is 0 Å². The highest BCUT2D eigenvalue weighted by Crippen LogP contribution is 2.36. The van der Waals surface area contributed by atoms with E-state index in [-0.39, 0.29) is 5.54 Å². The van der Waals surface area contributed by atoms with E-state index in [9.17, 15) is 0 Å². The van der Waals surface area contributed by atoms with Crippen molar-refractivity contribution in [1.29, 1.82) is 0 Å². The molecular formula is C14H25N3S. The second-order valence-electron chi connectivity index (χ2n) is 6.47. The lowest BCUT2D eigenvalue weighted by atomic mass is 10.1. The smallest absolute Gasteiger partial charge is 0.0543 e. The molecule has 4 heteroatoms. The van der Waals surface area contributed by atoms with Crippen molar-refractivity contribution >= 4 is 11.8 Å². The number of nitrogens with one attached hydrogen (secondary N) is 1. The van der Waals surface area contributed by atoms with Crippen LogP contribution in [0.2, 0.25) is 0 Å². The molecule has 0 radical (unpaired) electrons. The molecule has 1 atom stereocenters. The molecule has 102 valence electrons. The summed E-state index contributed by atoms with van der Waals surface area (Å²) < 4.78 is 2.48. The van der Waals surface area contributed by atoms with E-state index in [2.05, 4.69) is 56.1 Å². The third-order valence-electron chi connectivity index (χ3n) is 3.45. The van der Waals surface area contributed by atoms with Gasteiger partial charge in [0.25, 0.3) is 0 Å². The Morgan fingerprint density at radius 1 is 1.50 bits per heavy atom. The lowest BCUT2D eigenvalue weighted by molar-refractivity contribution is 0.355. The first-order chi connectivity index (χ1) is 8.39. The highest BCUT2D eigenvalue weighted by molar-refractivity contribution is 8.00. The molecule has 3 nitrogen and oxygen atoms in total. The van der Waals surface area contributed by atoms with E-state index in [0.29, 0.717) is 4.75 Å². The van der Waals surface area contributed by atoms with Crippen molar-refractivity contribution in [3.05, 3.63) is 18.0 Å². The van der Waals surface area contributed by atoms with Crippen molar-refractivity contribution in [2.75, 3.05) is 12.3 Å². The van der Waals surface area contributed by atoms with Crippen molar-refractivity contribution in [3.8, 4) is 0 Å². The summed E-state index contributed by atoms with van der Waals surface area (Å²) in [6.07, 6.45) is 6.83. The van der Waals surface area contributed by atoms with E-state index < -0.39 is 0 Å². The molecule has 2 rings (SSSR count). The maximum Gasteiger partial charge on any atom is 0.0543 e. The van der Waals surface area contributed by atoms with Crippen LogP contribution in [0.15, 0.2) is 12.4 Å². The quantitative estimate of drug-likeness (QED) is 0.909. The van der Waals surface area contributed by atoms with Gasteiger partial charge in [-0.2, -0.15) is 16.9 Å². The number of hydrogen-bond acceptors (Lipinski definition) is 3. The van der Waals surface area contributed by atoms with E-state index in [1.54, 1.807) is 0 Å². The Bertz CT molecular complexity index is 386. The van der Waals surface area contributed by atoms with Crippen LogP contribution in [0.3, 0.4) is 0 Å². The summed E-state index contributed by atoms with van der Waals surface area (Å²) in [4.78, 5) is 0. The molecule has 1 saturated heterocycles. The molecule has 2 heterocycles. The van der Waals surface area contributed by atoms with E-state index in [4.69, 9.17) is 0 Å². The predicted octanol–water partition coefficient (Wildman–Crippen LogP) is 3.01. The fourth-order valence-corrected chi connectivity index (χ4v) is 3.54. The number of hydrogen-bond donors (Lipinski definition) is 1. The average Bonchev–Trinajstić information content (AvgIpc) is 2.87. The molecule has 1 fully saturated rings. The SMILES string of the molecule is CC1(CNCc2cnn(C(C)(C)C)c2)CCCS1. The Morgan fingerprint density at radius 2 is 2.28 bits per heavy atom. The minimum atomic E-state index is 0.0749. The summed E-state index contributed by atoms with van der Waals surface area (Å²) in [7, 11) is 0. The summed E-state index contributed by atoms with van der Waals surface area (Å²) in [5.74, 6) is 1.32. The zero-order valence-electron chi connectivity index (χ0n) is 12.0. The summed E-state index contributed by atoms with van der Waals surface area (Å²) in [6.45, 7) is 10.9. The van der Waals surface area contributed by atoms with Crippen LogP contribution in [-0.2, 0) is 12.1 Å². The Hall–Kier alpha value is -0.480. The minimum Gasteiger partial charge on any atom is -0.311 e. The molecule has 1 N–H and O–H groups in total. The predicted molar refractivity (Wildman–Crippen MR) is 79.0 cm³/mol. The minimum absolute atomic E-state index is 0.0749. The molecule has 1 aromatic rings. The Labute approximate surface area is 115 Å². The first-order valence-corrected chi connectivity index (χ1v) is 7.76. The van der Waals surface area contributed by atoms with Crippen LogP contribution >= 0.6 is 11.8 Å². The largest absolute Gasteiger partial charge is 0.311 e. The molecule has 18 heavy (non-hydrogen) atoms. The summed E-state index contributed by atoms with van der Waals surface area (Å²) >= 11 is 2.11. The van der Waals surface area contributed by atoms with Gasteiger partial charge in [0.05, 0.1) is 11.7 Å².